The number of hydrogen-bond donors (Lipinski definition) is 2. The Morgan fingerprint density at radius 1 is 1.21 bits per heavy atom. The number of aryl methyl sites for hydroxylation is 1. The second-order valence-electron chi connectivity index (χ2n) is 6.15. The summed E-state index contributed by atoms with van der Waals surface area (Å²) in [5.74, 6) is 1.70. The van der Waals surface area contributed by atoms with E-state index in [4.69, 9.17) is 0 Å². The number of benzene rings is 1. The van der Waals surface area contributed by atoms with Crippen LogP contribution in [0.5, 0.6) is 0 Å². The van der Waals surface area contributed by atoms with Crippen LogP contribution in [0.1, 0.15) is 29.8 Å². The van der Waals surface area contributed by atoms with Crippen LogP contribution in [0.4, 0.5) is 0 Å². The van der Waals surface area contributed by atoms with Gasteiger partial charge in [-0.1, -0.05) is 18.2 Å². The number of para-hydroxylation sites is 1. The van der Waals surface area contributed by atoms with Crippen molar-refractivity contribution in [1.82, 2.24) is 20.4 Å². The molecule has 6 heteroatoms. The predicted molar refractivity (Wildman–Crippen MR) is 109 cm³/mol. The van der Waals surface area contributed by atoms with Crippen molar-refractivity contribution < 1.29 is 0 Å². The first-order chi connectivity index (χ1) is 11.2. The summed E-state index contributed by atoms with van der Waals surface area (Å²) >= 11 is 0. The van der Waals surface area contributed by atoms with Crippen molar-refractivity contribution in [1.29, 1.82) is 0 Å². The van der Waals surface area contributed by atoms with Gasteiger partial charge in [0.15, 0.2) is 5.96 Å². The number of hydrogen-bond acceptors (Lipinski definition) is 2. The first kappa shape index (κ1) is 18.8. The fourth-order valence-corrected chi connectivity index (χ4v) is 2.71. The SMILES string of the molecule is CN=C(NCc1c(C)nn(-c2ccccc2)c1C)NCC1CC1.I. The van der Waals surface area contributed by atoms with Gasteiger partial charge in [-0.25, -0.2) is 4.68 Å². The zero-order valence-electron chi connectivity index (χ0n) is 14.5. The first-order valence-corrected chi connectivity index (χ1v) is 8.24. The van der Waals surface area contributed by atoms with Crippen molar-refractivity contribution >= 4 is 29.9 Å². The van der Waals surface area contributed by atoms with Gasteiger partial charge >= 0.3 is 0 Å². The Balaban J connectivity index is 0.00000208. The van der Waals surface area contributed by atoms with E-state index in [-0.39, 0.29) is 24.0 Å². The number of nitrogens with one attached hydrogen (secondary N) is 2. The predicted octanol–water partition coefficient (Wildman–Crippen LogP) is 3.18. The average molecular weight is 439 g/mol. The molecule has 0 radical (unpaired) electrons. The highest BCUT2D eigenvalue weighted by Crippen LogP contribution is 2.27. The molecule has 1 aromatic heterocycles. The quantitative estimate of drug-likeness (QED) is 0.428. The zero-order valence-corrected chi connectivity index (χ0v) is 16.9. The maximum Gasteiger partial charge on any atom is 0.191 e. The number of nitrogens with zero attached hydrogens (tertiary/aromatic N) is 3. The van der Waals surface area contributed by atoms with Crippen LogP contribution in [0.2, 0.25) is 0 Å². The standard InChI is InChI=1S/C18H25N5.HI/c1-13-17(12-21-18(19-3)20-11-15-9-10-15)14(2)23(22-13)16-7-5-4-6-8-16;/h4-8,15H,9-12H2,1-3H3,(H2,19,20,21);1H. The monoisotopic (exact) mass is 439 g/mol. The van der Waals surface area contributed by atoms with Crippen LogP contribution in [-0.2, 0) is 6.54 Å². The lowest BCUT2D eigenvalue weighted by Gasteiger charge is -2.12. The Bertz CT molecular complexity index is 689. The fourth-order valence-electron chi connectivity index (χ4n) is 2.71. The van der Waals surface area contributed by atoms with Gasteiger partial charge in [0, 0.05) is 31.4 Å². The average Bonchev–Trinajstić information content (AvgIpc) is 3.35. The minimum Gasteiger partial charge on any atom is -0.356 e. The molecule has 1 aliphatic rings. The number of rotatable bonds is 5. The molecule has 1 heterocycles. The van der Waals surface area contributed by atoms with Crippen LogP contribution < -0.4 is 10.6 Å². The number of halogens is 1. The van der Waals surface area contributed by atoms with Crippen molar-refractivity contribution in [2.24, 2.45) is 10.9 Å². The molecule has 1 fully saturated rings. The van der Waals surface area contributed by atoms with Crippen LogP contribution in [0.3, 0.4) is 0 Å². The summed E-state index contributed by atoms with van der Waals surface area (Å²) in [5, 5.41) is 11.5. The van der Waals surface area contributed by atoms with Crippen LogP contribution in [-0.4, -0.2) is 29.3 Å². The Morgan fingerprint density at radius 2 is 1.92 bits per heavy atom. The van der Waals surface area contributed by atoms with Crippen molar-refractivity contribution in [2.45, 2.75) is 33.2 Å². The molecular formula is C18H26IN5. The minimum atomic E-state index is 0. The third-order valence-electron chi connectivity index (χ3n) is 4.35. The summed E-state index contributed by atoms with van der Waals surface area (Å²) in [6, 6.07) is 10.2. The number of aromatic nitrogens is 2. The molecule has 0 unspecified atom stereocenters. The van der Waals surface area contributed by atoms with Gasteiger partial charge in [0.05, 0.1) is 11.4 Å². The molecule has 2 aromatic rings. The highest BCUT2D eigenvalue weighted by atomic mass is 127. The van der Waals surface area contributed by atoms with Gasteiger partial charge < -0.3 is 10.6 Å². The summed E-state index contributed by atoms with van der Waals surface area (Å²) in [7, 11) is 1.81. The second kappa shape index (κ2) is 8.50. The number of guanidine groups is 1. The lowest BCUT2D eigenvalue weighted by atomic mass is 10.2. The third-order valence-corrected chi connectivity index (χ3v) is 4.35. The van der Waals surface area contributed by atoms with E-state index >= 15 is 0 Å². The van der Waals surface area contributed by atoms with Crippen molar-refractivity contribution in [2.75, 3.05) is 13.6 Å². The summed E-state index contributed by atoms with van der Waals surface area (Å²) in [4.78, 5) is 4.29. The molecule has 0 spiro atoms. The van der Waals surface area contributed by atoms with Gasteiger partial charge in [0.25, 0.3) is 0 Å². The molecule has 2 N–H and O–H groups in total. The van der Waals surface area contributed by atoms with Gasteiger partial charge in [-0.05, 0) is 44.7 Å². The second-order valence-corrected chi connectivity index (χ2v) is 6.15. The van der Waals surface area contributed by atoms with E-state index in [1.54, 1.807) is 0 Å². The first-order valence-electron chi connectivity index (χ1n) is 8.24. The molecule has 24 heavy (non-hydrogen) atoms. The van der Waals surface area contributed by atoms with E-state index in [1.165, 1.54) is 24.1 Å². The maximum atomic E-state index is 4.68. The Morgan fingerprint density at radius 3 is 2.54 bits per heavy atom. The molecule has 0 atom stereocenters. The summed E-state index contributed by atoms with van der Waals surface area (Å²) in [6.07, 6.45) is 2.68. The Hall–Kier alpha value is -1.57. The smallest absolute Gasteiger partial charge is 0.191 e. The molecule has 130 valence electrons. The molecule has 0 amide bonds. The molecule has 0 bridgehead atoms. The minimum absolute atomic E-state index is 0. The summed E-state index contributed by atoms with van der Waals surface area (Å²) < 4.78 is 2.01. The zero-order chi connectivity index (χ0) is 16.2. The maximum absolute atomic E-state index is 4.68. The molecular weight excluding hydrogens is 413 g/mol. The normalized spacial score (nSPS) is 14.2. The molecule has 0 saturated heterocycles. The third kappa shape index (κ3) is 4.49. The lowest BCUT2D eigenvalue weighted by molar-refractivity contribution is 0.735. The Labute approximate surface area is 161 Å². The topological polar surface area (TPSA) is 54.2 Å². The highest BCUT2D eigenvalue weighted by Gasteiger charge is 2.21. The Kier molecular flexibility index (Phi) is 6.65. The van der Waals surface area contributed by atoms with E-state index in [0.29, 0.717) is 0 Å². The van der Waals surface area contributed by atoms with E-state index in [9.17, 15) is 0 Å². The van der Waals surface area contributed by atoms with Crippen LogP contribution in [0.25, 0.3) is 5.69 Å². The van der Waals surface area contributed by atoms with E-state index in [1.807, 2.05) is 29.9 Å². The highest BCUT2D eigenvalue weighted by molar-refractivity contribution is 14.0. The fraction of sp³-hybridized carbons (Fsp3) is 0.444. The molecule has 3 rings (SSSR count). The van der Waals surface area contributed by atoms with Gasteiger partial charge in [-0.2, -0.15) is 5.10 Å². The van der Waals surface area contributed by atoms with Gasteiger partial charge in [-0.3, -0.25) is 4.99 Å². The molecule has 1 saturated carbocycles. The number of aliphatic imine (C=N–C) groups is 1. The lowest BCUT2D eigenvalue weighted by Crippen LogP contribution is -2.38. The van der Waals surface area contributed by atoms with E-state index in [2.05, 4.69) is 46.7 Å². The van der Waals surface area contributed by atoms with Gasteiger partial charge in [0.2, 0.25) is 0 Å². The van der Waals surface area contributed by atoms with Crippen LogP contribution in [0.15, 0.2) is 35.3 Å². The van der Waals surface area contributed by atoms with Crippen molar-refractivity contribution in [3.05, 3.63) is 47.3 Å². The van der Waals surface area contributed by atoms with Crippen molar-refractivity contribution in [3.63, 3.8) is 0 Å². The van der Waals surface area contributed by atoms with E-state index in [0.717, 1.165) is 36.3 Å². The molecule has 1 aromatic carbocycles. The van der Waals surface area contributed by atoms with Crippen molar-refractivity contribution in [3.8, 4) is 5.69 Å². The van der Waals surface area contributed by atoms with E-state index < -0.39 is 0 Å². The largest absolute Gasteiger partial charge is 0.356 e. The van der Waals surface area contributed by atoms with Crippen LogP contribution >= 0.6 is 24.0 Å². The van der Waals surface area contributed by atoms with Gasteiger partial charge in [-0.15, -0.1) is 24.0 Å². The summed E-state index contributed by atoms with van der Waals surface area (Å²) in [6.45, 7) is 5.92. The molecule has 5 nitrogen and oxygen atoms in total. The molecule has 1 aliphatic carbocycles. The van der Waals surface area contributed by atoms with Gasteiger partial charge in [0.1, 0.15) is 0 Å². The molecule has 0 aliphatic heterocycles. The summed E-state index contributed by atoms with van der Waals surface area (Å²) in [5.41, 5.74) is 4.54. The van der Waals surface area contributed by atoms with Crippen LogP contribution in [0, 0.1) is 19.8 Å².